The number of ether oxygens (including phenoxy) is 1. The summed E-state index contributed by atoms with van der Waals surface area (Å²) in [6, 6.07) is 7.25. The molecule has 0 bridgehead atoms. The first-order valence-electron chi connectivity index (χ1n) is 5.58. The number of hydrogen-bond acceptors (Lipinski definition) is 3. The zero-order valence-electron chi connectivity index (χ0n) is 10.1. The van der Waals surface area contributed by atoms with E-state index in [-0.39, 0.29) is 6.61 Å². The minimum absolute atomic E-state index is 0.171. The van der Waals surface area contributed by atoms with Crippen molar-refractivity contribution in [1.29, 1.82) is 0 Å². The standard InChI is InChI=1S/C13H18O4/c1-13(2,12(15)16)17-11-7-5-10(6-8-11)4-3-9-14/h5-8,14H,3-4,9H2,1-2H3,(H,15,16). The minimum atomic E-state index is -1.23. The highest BCUT2D eigenvalue weighted by Crippen LogP contribution is 2.19. The van der Waals surface area contributed by atoms with Crippen LogP contribution in [-0.4, -0.2) is 28.4 Å². The van der Waals surface area contributed by atoms with Gasteiger partial charge in [-0.05, 0) is 44.4 Å². The van der Waals surface area contributed by atoms with Crippen molar-refractivity contribution < 1.29 is 19.7 Å². The Hall–Kier alpha value is -1.55. The van der Waals surface area contributed by atoms with Gasteiger partial charge < -0.3 is 14.9 Å². The molecule has 94 valence electrons. The Balaban J connectivity index is 2.65. The third-order valence-electron chi connectivity index (χ3n) is 2.43. The number of hydrogen-bond donors (Lipinski definition) is 2. The van der Waals surface area contributed by atoms with E-state index in [9.17, 15) is 4.79 Å². The maximum atomic E-state index is 10.9. The Morgan fingerprint density at radius 3 is 2.35 bits per heavy atom. The molecule has 0 aliphatic heterocycles. The van der Waals surface area contributed by atoms with Crippen LogP contribution in [0.25, 0.3) is 0 Å². The molecule has 2 N–H and O–H groups in total. The Morgan fingerprint density at radius 2 is 1.88 bits per heavy atom. The number of carboxylic acids is 1. The van der Waals surface area contributed by atoms with Crippen LogP contribution in [0.1, 0.15) is 25.8 Å². The lowest BCUT2D eigenvalue weighted by atomic mass is 10.1. The van der Waals surface area contributed by atoms with Crippen LogP contribution in [0.3, 0.4) is 0 Å². The summed E-state index contributed by atoms with van der Waals surface area (Å²) in [7, 11) is 0. The Morgan fingerprint density at radius 1 is 1.29 bits per heavy atom. The second-order valence-corrected chi connectivity index (χ2v) is 4.39. The van der Waals surface area contributed by atoms with E-state index in [1.165, 1.54) is 13.8 Å². The van der Waals surface area contributed by atoms with Gasteiger partial charge in [0.2, 0.25) is 0 Å². The van der Waals surface area contributed by atoms with Crippen LogP contribution < -0.4 is 4.74 Å². The van der Waals surface area contributed by atoms with Gasteiger partial charge >= 0.3 is 5.97 Å². The van der Waals surface area contributed by atoms with Gasteiger partial charge in [0.05, 0.1) is 0 Å². The molecule has 17 heavy (non-hydrogen) atoms. The summed E-state index contributed by atoms with van der Waals surface area (Å²) in [5.41, 5.74) is -0.133. The molecule has 0 atom stereocenters. The predicted octanol–water partition coefficient (Wildman–Crippen LogP) is 1.85. The molecule has 0 heterocycles. The van der Waals surface area contributed by atoms with Crippen LogP contribution in [0, 0.1) is 0 Å². The molecule has 0 unspecified atom stereocenters. The van der Waals surface area contributed by atoms with Crippen LogP contribution >= 0.6 is 0 Å². The summed E-state index contributed by atoms with van der Waals surface area (Å²) >= 11 is 0. The van der Waals surface area contributed by atoms with Crippen LogP contribution in [-0.2, 0) is 11.2 Å². The maximum Gasteiger partial charge on any atom is 0.347 e. The molecular formula is C13H18O4. The molecule has 0 saturated carbocycles. The zero-order chi connectivity index (χ0) is 12.9. The number of aliphatic hydroxyl groups excluding tert-OH is 1. The second kappa shape index (κ2) is 5.68. The van der Waals surface area contributed by atoms with Crippen molar-refractivity contribution in [3.8, 4) is 5.75 Å². The largest absolute Gasteiger partial charge is 0.478 e. The molecule has 0 amide bonds. The minimum Gasteiger partial charge on any atom is -0.478 e. The van der Waals surface area contributed by atoms with E-state index in [4.69, 9.17) is 14.9 Å². The number of carboxylic acid groups (broad SMARTS) is 1. The van der Waals surface area contributed by atoms with E-state index in [2.05, 4.69) is 0 Å². The van der Waals surface area contributed by atoms with Crippen LogP contribution in [0.15, 0.2) is 24.3 Å². The SMILES string of the molecule is CC(C)(Oc1ccc(CCCO)cc1)C(=O)O. The van der Waals surface area contributed by atoms with Crippen molar-refractivity contribution in [3.63, 3.8) is 0 Å². The smallest absolute Gasteiger partial charge is 0.347 e. The molecule has 1 aromatic carbocycles. The quantitative estimate of drug-likeness (QED) is 0.793. The van der Waals surface area contributed by atoms with Gasteiger partial charge in [0.1, 0.15) is 5.75 Å². The number of aliphatic carboxylic acids is 1. The molecule has 0 aromatic heterocycles. The number of aliphatic hydroxyl groups is 1. The summed E-state index contributed by atoms with van der Waals surface area (Å²) < 4.78 is 5.37. The molecule has 0 saturated heterocycles. The van der Waals surface area contributed by atoms with Gasteiger partial charge in [0, 0.05) is 6.61 Å². The van der Waals surface area contributed by atoms with E-state index < -0.39 is 11.6 Å². The summed E-state index contributed by atoms with van der Waals surface area (Å²) in [6.45, 7) is 3.19. The van der Waals surface area contributed by atoms with E-state index in [1.807, 2.05) is 12.1 Å². The lowest BCUT2D eigenvalue weighted by Gasteiger charge is -2.21. The molecule has 4 nitrogen and oxygen atoms in total. The Labute approximate surface area is 101 Å². The number of rotatable bonds is 6. The highest BCUT2D eigenvalue weighted by molar-refractivity contribution is 5.76. The number of aryl methyl sites for hydroxylation is 1. The Kier molecular flexibility index (Phi) is 4.52. The van der Waals surface area contributed by atoms with Crippen LogP contribution in [0.5, 0.6) is 5.75 Å². The van der Waals surface area contributed by atoms with Gasteiger partial charge in [-0.1, -0.05) is 12.1 Å². The molecule has 4 heteroatoms. The van der Waals surface area contributed by atoms with Crippen molar-refractivity contribution in [2.24, 2.45) is 0 Å². The third-order valence-corrected chi connectivity index (χ3v) is 2.43. The zero-order valence-corrected chi connectivity index (χ0v) is 10.1. The summed E-state index contributed by atoms with van der Waals surface area (Å²) in [5.74, 6) is -0.466. The fraction of sp³-hybridized carbons (Fsp3) is 0.462. The van der Waals surface area contributed by atoms with Crippen molar-refractivity contribution in [2.75, 3.05) is 6.61 Å². The molecule has 1 rings (SSSR count). The molecule has 1 aromatic rings. The molecule has 0 aliphatic carbocycles. The predicted molar refractivity (Wildman–Crippen MR) is 64.2 cm³/mol. The Bertz CT molecular complexity index is 368. The summed E-state index contributed by atoms with van der Waals surface area (Å²) in [5, 5.41) is 17.6. The van der Waals surface area contributed by atoms with Crippen LogP contribution in [0.2, 0.25) is 0 Å². The fourth-order valence-corrected chi connectivity index (χ4v) is 1.35. The van der Waals surface area contributed by atoms with E-state index in [1.54, 1.807) is 12.1 Å². The first-order valence-corrected chi connectivity index (χ1v) is 5.58. The van der Waals surface area contributed by atoms with Crippen molar-refractivity contribution in [1.82, 2.24) is 0 Å². The van der Waals surface area contributed by atoms with E-state index >= 15 is 0 Å². The van der Waals surface area contributed by atoms with Gasteiger partial charge in [-0.3, -0.25) is 0 Å². The average Bonchev–Trinajstić information content (AvgIpc) is 2.27. The summed E-state index contributed by atoms with van der Waals surface area (Å²) in [4.78, 5) is 10.9. The summed E-state index contributed by atoms with van der Waals surface area (Å²) in [6.07, 6.45) is 1.53. The van der Waals surface area contributed by atoms with E-state index in [0.29, 0.717) is 5.75 Å². The number of carbonyl (C=O) groups is 1. The first-order chi connectivity index (χ1) is 7.95. The van der Waals surface area contributed by atoms with E-state index in [0.717, 1.165) is 18.4 Å². The van der Waals surface area contributed by atoms with Crippen LogP contribution in [0.4, 0.5) is 0 Å². The number of benzene rings is 1. The van der Waals surface area contributed by atoms with Gasteiger partial charge in [0.25, 0.3) is 0 Å². The molecule has 0 aliphatic rings. The third kappa shape index (κ3) is 4.07. The normalized spacial score (nSPS) is 11.2. The lowest BCUT2D eigenvalue weighted by molar-refractivity contribution is -0.152. The fourth-order valence-electron chi connectivity index (χ4n) is 1.35. The molecule has 0 spiro atoms. The highest BCUT2D eigenvalue weighted by Gasteiger charge is 2.29. The maximum absolute atomic E-state index is 10.9. The van der Waals surface area contributed by atoms with Gasteiger partial charge in [-0.2, -0.15) is 0 Å². The van der Waals surface area contributed by atoms with Crippen molar-refractivity contribution in [3.05, 3.63) is 29.8 Å². The molecule has 0 fully saturated rings. The second-order valence-electron chi connectivity index (χ2n) is 4.39. The monoisotopic (exact) mass is 238 g/mol. The highest BCUT2D eigenvalue weighted by atomic mass is 16.5. The van der Waals surface area contributed by atoms with Crippen molar-refractivity contribution in [2.45, 2.75) is 32.3 Å². The van der Waals surface area contributed by atoms with Gasteiger partial charge in [-0.15, -0.1) is 0 Å². The topological polar surface area (TPSA) is 66.8 Å². The average molecular weight is 238 g/mol. The first kappa shape index (κ1) is 13.5. The molecule has 0 radical (unpaired) electrons. The van der Waals surface area contributed by atoms with Gasteiger partial charge in [0.15, 0.2) is 5.60 Å². The van der Waals surface area contributed by atoms with Crippen molar-refractivity contribution >= 4 is 5.97 Å². The lowest BCUT2D eigenvalue weighted by Crippen LogP contribution is -2.37. The van der Waals surface area contributed by atoms with Gasteiger partial charge in [-0.25, -0.2) is 4.79 Å². The molecular weight excluding hydrogens is 220 g/mol.